The Labute approximate surface area is 93.1 Å². The second-order valence-corrected chi connectivity index (χ2v) is 5.72. The zero-order valence-electron chi connectivity index (χ0n) is 10.5. The molecule has 0 spiro atoms. The van der Waals surface area contributed by atoms with E-state index in [0.717, 1.165) is 0 Å². The molecule has 0 radical (unpaired) electrons. The molecule has 0 amide bonds. The zero-order valence-corrected chi connectivity index (χ0v) is 10.5. The van der Waals surface area contributed by atoms with Gasteiger partial charge in [0.2, 0.25) is 0 Å². The number of fused-ring (bicyclic) bond motifs is 1. The van der Waals surface area contributed by atoms with Gasteiger partial charge in [0, 0.05) is 19.3 Å². The molecular weight excluding hydrogens is 182 g/mol. The predicted octanol–water partition coefficient (Wildman–Crippen LogP) is 3.28. The first kappa shape index (κ1) is 10.5. The van der Waals surface area contributed by atoms with Crippen LogP contribution in [0.2, 0.25) is 0 Å². The summed E-state index contributed by atoms with van der Waals surface area (Å²) in [6.45, 7) is 10.3. The fourth-order valence-corrected chi connectivity index (χ4v) is 2.42. The van der Waals surface area contributed by atoms with Gasteiger partial charge in [0.15, 0.2) is 0 Å². The summed E-state index contributed by atoms with van der Waals surface area (Å²) >= 11 is 0. The first-order valence-electron chi connectivity index (χ1n) is 5.75. The van der Waals surface area contributed by atoms with Crippen LogP contribution in [0.1, 0.15) is 37.5 Å². The molecule has 1 heteroatoms. The highest BCUT2D eigenvalue weighted by molar-refractivity contribution is 5.64. The number of aryl methyl sites for hydroxylation is 1. The van der Waals surface area contributed by atoms with Crippen LogP contribution in [0.3, 0.4) is 0 Å². The standard InChI is InChI=1S/C14H21N/c1-10-8-12(14(2,3)4)9-11-6-7-15(5)13(10)11/h8-9H,6-7H2,1-5H3. The second-order valence-electron chi connectivity index (χ2n) is 5.72. The van der Waals surface area contributed by atoms with Gasteiger partial charge < -0.3 is 4.90 Å². The Morgan fingerprint density at radius 3 is 2.47 bits per heavy atom. The van der Waals surface area contributed by atoms with Gasteiger partial charge in [0.25, 0.3) is 0 Å². The highest BCUT2D eigenvalue weighted by atomic mass is 15.1. The number of nitrogens with zero attached hydrogens (tertiary/aromatic N) is 1. The molecule has 0 saturated carbocycles. The van der Waals surface area contributed by atoms with Crippen molar-refractivity contribution in [1.29, 1.82) is 0 Å². The van der Waals surface area contributed by atoms with Crippen molar-refractivity contribution >= 4 is 5.69 Å². The van der Waals surface area contributed by atoms with Gasteiger partial charge in [0.1, 0.15) is 0 Å². The summed E-state index contributed by atoms with van der Waals surface area (Å²) in [7, 11) is 2.19. The quantitative estimate of drug-likeness (QED) is 0.625. The summed E-state index contributed by atoms with van der Waals surface area (Å²) < 4.78 is 0. The Morgan fingerprint density at radius 2 is 1.87 bits per heavy atom. The lowest BCUT2D eigenvalue weighted by Crippen LogP contribution is -2.15. The van der Waals surface area contributed by atoms with Gasteiger partial charge in [-0.1, -0.05) is 32.9 Å². The lowest BCUT2D eigenvalue weighted by atomic mass is 9.84. The van der Waals surface area contributed by atoms with E-state index in [2.05, 4.69) is 51.8 Å². The van der Waals surface area contributed by atoms with E-state index in [1.54, 1.807) is 0 Å². The minimum atomic E-state index is 0.265. The molecule has 1 aliphatic rings. The van der Waals surface area contributed by atoms with Crippen LogP contribution in [-0.2, 0) is 11.8 Å². The second kappa shape index (κ2) is 3.26. The largest absolute Gasteiger partial charge is 0.374 e. The molecule has 1 nitrogen and oxygen atoms in total. The molecule has 0 fully saturated rings. The Morgan fingerprint density at radius 1 is 1.20 bits per heavy atom. The summed E-state index contributed by atoms with van der Waals surface area (Å²) in [5.74, 6) is 0. The highest BCUT2D eigenvalue weighted by Crippen LogP contribution is 2.35. The van der Waals surface area contributed by atoms with E-state index < -0.39 is 0 Å². The number of benzene rings is 1. The maximum atomic E-state index is 2.39. The van der Waals surface area contributed by atoms with Gasteiger partial charge in [-0.25, -0.2) is 0 Å². The molecule has 2 rings (SSSR count). The van der Waals surface area contributed by atoms with Crippen LogP contribution in [0.5, 0.6) is 0 Å². The summed E-state index contributed by atoms with van der Waals surface area (Å²) in [5, 5.41) is 0. The van der Waals surface area contributed by atoms with E-state index in [9.17, 15) is 0 Å². The van der Waals surface area contributed by atoms with Crippen LogP contribution in [0.15, 0.2) is 12.1 Å². The lowest BCUT2D eigenvalue weighted by molar-refractivity contribution is 0.589. The SMILES string of the molecule is Cc1cc(C(C)(C)C)cc2c1N(C)CC2. The van der Waals surface area contributed by atoms with E-state index in [1.807, 2.05) is 0 Å². The molecule has 0 bridgehead atoms. The van der Waals surface area contributed by atoms with Gasteiger partial charge in [0.05, 0.1) is 0 Å². The Bertz CT molecular complexity index is 385. The summed E-state index contributed by atoms with van der Waals surface area (Å²) in [5.41, 5.74) is 6.15. The molecule has 1 aromatic carbocycles. The molecule has 0 saturated heterocycles. The Hall–Kier alpha value is -0.980. The predicted molar refractivity (Wildman–Crippen MR) is 66.9 cm³/mol. The molecule has 0 aliphatic carbocycles. The van der Waals surface area contributed by atoms with Crippen molar-refractivity contribution < 1.29 is 0 Å². The van der Waals surface area contributed by atoms with Crippen molar-refractivity contribution in [2.45, 2.75) is 39.5 Å². The van der Waals surface area contributed by atoms with Gasteiger partial charge in [-0.2, -0.15) is 0 Å². The lowest BCUT2D eigenvalue weighted by Gasteiger charge is -2.22. The number of rotatable bonds is 0. The minimum absolute atomic E-state index is 0.265. The van der Waals surface area contributed by atoms with E-state index in [-0.39, 0.29) is 5.41 Å². The first-order valence-corrected chi connectivity index (χ1v) is 5.75. The van der Waals surface area contributed by atoms with Gasteiger partial charge in [-0.3, -0.25) is 0 Å². The topological polar surface area (TPSA) is 3.24 Å². The summed E-state index contributed by atoms with van der Waals surface area (Å²) in [6.07, 6.45) is 1.20. The number of hydrogen-bond donors (Lipinski definition) is 0. The number of hydrogen-bond acceptors (Lipinski definition) is 1. The van der Waals surface area contributed by atoms with Gasteiger partial charge in [-0.05, 0) is 35.4 Å². The van der Waals surface area contributed by atoms with Crippen molar-refractivity contribution in [3.63, 3.8) is 0 Å². The molecule has 0 unspecified atom stereocenters. The maximum Gasteiger partial charge on any atom is 0.0426 e. The molecule has 15 heavy (non-hydrogen) atoms. The van der Waals surface area contributed by atoms with Crippen molar-refractivity contribution in [1.82, 2.24) is 0 Å². The zero-order chi connectivity index (χ0) is 11.2. The first-order chi connectivity index (χ1) is 6.89. The molecule has 1 aromatic rings. The molecule has 1 heterocycles. The van der Waals surface area contributed by atoms with Crippen LogP contribution >= 0.6 is 0 Å². The van der Waals surface area contributed by atoms with Crippen molar-refractivity contribution in [3.8, 4) is 0 Å². The van der Waals surface area contributed by atoms with E-state index in [1.165, 1.54) is 35.3 Å². The molecule has 0 atom stereocenters. The third-order valence-corrected chi connectivity index (χ3v) is 3.34. The molecule has 0 aromatic heterocycles. The molecule has 1 aliphatic heterocycles. The minimum Gasteiger partial charge on any atom is -0.374 e. The number of anilines is 1. The average molecular weight is 203 g/mol. The smallest absolute Gasteiger partial charge is 0.0426 e. The van der Waals surface area contributed by atoms with Gasteiger partial charge in [-0.15, -0.1) is 0 Å². The van der Waals surface area contributed by atoms with Crippen LogP contribution < -0.4 is 4.90 Å². The van der Waals surface area contributed by atoms with Crippen molar-refractivity contribution in [2.24, 2.45) is 0 Å². The fourth-order valence-electron chi connectivity index (χ4n) is 2.42. The van der Waals surface area contributed by atoms with E-state index in [0.29, 0.717) is 0 Å². The van der Waals surface area contributed by atoms with Crippen molar-refractivity contribution in [3.05, 3.63) is 28.8 Å². The maximum absolute atomic E-state index is 2.39. The van der Waals surface area contributed by atoms with Crippen molar-refractivity contribution in [2.75, 3.05) is 18.5 Å². The molecule has 82 valence electrons. The Balaban J connectivity index is 2.54. The average Bonchev–Trinajstić information content (AvgIpc) is 2.46. The van der Waals surface area contributed by atoms with Crippen LogP contribution in [0.4, 0.5) is 5.69 Å². The van der Waals surface area contributed by atoms with E-state index >= 15 is 0 Å². The highest BCUT2D eigenvalue weighted by Gasteiger charge is 2.22. The van der Waals surface area contributed by atoms with Crippen LogP contribution in [0.25, 0.3) is 0 Å². The Kier molecular flexibility index (Phi) is 2.29. The van der Waals surface area contributed by atoms with Crippen LogP contribution in [0, 0.1) is 6.92 Å². The van der Waals surface area contributed by atoms with E-state index in [4.69, 9.17) is 0 Å². The third kappa shape index (κ3) is 1.75. The normalized spacial score (nSPS) is 15.7. The fraction of sp³-hybridized carbons (Fsp3) is 0.571. The molecular formula is C14H21N. The third-order valence-electron chi connectivity index (χ3n) is 3.34. The van der Waals surface area contributed by atoms with Crippen LogP contribution in [-0.4, -0.2) is 13.6 Å². The molecule has 0 N–H and O–H groups in total. The van der Waals surface area contributed by atoms with Gasteiger partial charge >= 0.3 is 0 Å². The summed E-state index contributed by atoms with van der Waals surface area (Å²) in [6, 6.07) is 4.74. The number of likely N-dealkylation sites (N-methyl/N-ethyl adjacent to an activating group) is 1. The summed E-state index contributed by atoms with van der Waals surface area (Å²) in [4.78, 5) is 2.37. The monoisotopic (exact) mass is 203 g/mol.